The summed E-state index contributed by atoms with van der Waals surface area (Å²) in [5.41, 5.74) is 1.75. The lowest BCUT2D eigenvalue weighted by Crippen LogP contribution is -2.20. The van der Waals surface area contributed by atoms with E-state index in [-0.39, 0.29) is 5.82 Å². The van der Waals surface area contributed by atoms with Crippen LogP contribution in [-0.2, 0) is 4.79 Å². The lowest BCUT2D eigenvalue weighted by Gasteiger charge is -2.12. The first-order chi connectivity index (χ1) is 9.61. The molecule has 2 aromatic rings. The highest BCUT2D eigenvalue weighted by molar-refractivity contribution is 5.98. The van der Waals surface area contributed by atoms with E-state index in [0.717, 1.165) is 0 Å². The second kappa shape index (κ2) is 5.98. The molecule has 0 heterocycles. The van der Waals surface area contributed by atoms with Crippen LogP contribution in [0.15, 0.2) is 48.5 Å². The fourth-order valence-electron chi connectivity index (χ4n) is 1.90. The summed E-state index contributed by atoms with van der Waals surface area (Å²) in [5, 5.41) is 11.8. The van der Waals surface area contributed by atoms with Gasteiger partial charge in [-0.15, -0.1) is 0 Å². The van der Waals surface area contributed by atoms with Crippen LogP contribution in [0.5, 0.6) is 0 Å². The fraction of sp³-hybridized carbons (Fsp3) is 0.125. The van der Waals surface area contributed by atoms with Crippen LogP contribution >= 0.6 is 0 Å². The van der Waals surface area contributed by atoms with Crippen LogP contribution in [-0.4, -0.2) is 5.91 Å². The average molecular weight is 268 g/mol. The average Bonchev–Trinajstić information content (AvgIpc) is 2.44. The number of halogens is 1. The number of anilines is 1. The molecular formula is C16H13FN2O. The van der Waals surface area contributed by atoms with Gasteiger partial charge < -0.3 is 5.32 Å². The van der Waals surface area contributed by atoms with Crippen LogP contribution < -0.4 is 5.32 Å². The number of carbonyl (C=O) groups is 1. The highest BCUT2D eigenvalue weighted by Crippen LogP contribution is 2.20. The Labute approximate surface area is 116 Å². The first-order valence-electron chi connectivity index (χ1n) is 6.13. The third-order valence-electron chi connectivity index (χ3n) is 2.97. The maximum Gasteiger partial charge on any atom is 0.246 e. The highest BCUT2D eigenvalue weighted by atomic mass is 19.1. The van der Waals surface area contributed by atoms with Gasteiger partial charge in [0.2, 0.25) is 5.91 Å². The van der Waals surface area contributed by atoms with Crippen molar-refractivity contribution in [2.75, 3.05) is 5.32 Å². The first-order valence-corrected chi connectivity index (χ1v) is 6.13. The minimum Gasteiger partial charge on any atom is -0.324 e. The monoisotopic (exact) mass is 268 g/mol. The number of amides is 1. The number of hydrogen-bond donors (Lipinski definition) is 1. The SMILES string of the molecule is Cc1cc(F)ccc1NC(=O)C(C#N)c1ccccc1. The Hall–Kier alpha value is -2.67. The van der Waals surface area contributed by atoms with E-state index in [2.05, 4.69) is 5.32 Å². The normalized spacial score (nSPS) is 11.4. The van der Waals surface area contributed by atoms with Crippen molar-refractivity contribution in [1.29, 1.82) is 5.26 Å². The van der Waals surface area contributed by atoms with Gasteiger partial charge in [0.15, 0.2) is 5.92 Å². The molecule has 1 N–H and O–H groups in total. The zero-order valence-electron chi connectivity index (χ0n) is 10.9. The molecule has 0 aliphatic carbocycles. The zero-order chi connectivity index (χ0) is 14.5. The lowest BCUT2D eigenvalue weighted by atomic mass is 9.99. The van der Waals surface area contributed by atoms with Gasteiger partial charge in [-0.1, -0.05) is 30.3 Å². The van der Waals surface area contributed by atoms with Gasteiger partial charge in [-0.2, -0.15) is 5.26 Å². The minimum atomic E-state index is -0.888. The van der Waals surface area contributed by atoms with Crippen LogP contribution in [0, 0.1) is 24.1 Å². The van der Waals surface area contributed by atoms with Gasteiger partial charge in [0.1, 0.15) is 5.82 Å². The van der Waals surface area contributed by atoms with E-state index in [4.69, 9.17) is 0 Å². The number of carbonyl (C=O) groups excluding carboxylic acids is 1. The van der Waals surface area contributed by atoms with Gasteiger partial charge in [0, 0.05) is 5.69 Å². The standard InChI is InChI=1S/C16H13FN2O/c1-11-9-13(17)7-8-15(11)19-16(20)14(10-18)12-5-3-2-4-6-12/h2-9,14H,1H3,(H,19,20). The number of nitrogens with one attached hydrogen (secondary N) is 1. The summed E-state index contributed by atoms with van der Waals surface area (Å²) in [6.07, 6.45) is 0. The minimum absolute atomic E-state index is 0.361. The Balaban J connectivity index is 2.21. The Morgan fingerprint density at radius 2 is 1.95 bits per heavy atom. The molecule has 0 aliphatic rings. The third-order valence-corrected chi connectivity index (χ3v) is 2.97. The van der Waals surface area contributed by atoms with Gasteiger partial charge in [-0.05, 0) is 36.2 Å². The van der Waals surface area contributed by atoms with Crippen molar-refractivity contribution in [2.24, 2.45) is 0 Å². The Kier molecular flexibility index (Phi) is 4.11. The summed E-state index contributed by atoms with van der Waals surface area (Å²) in [4.78, 5) is 12.2. The van der Waals surface area contributed by atoms with Crippen LogP contribution in [0.3, 0.4) is 0 Å². The largest absolute Gasteiger partial charge is 0.324 e. The summed E-state index contributed by atoms with van der Waals surface area (Å²) < 4.78 is 13.0. The van der Waals surface area contributed by atoms with Crippen molar-refractivity contribution in [3.05, 3.63) is 65.5 Å². The molecule has 4 heteroatoms. The maximum atomic E-state index is 13.0. The fourth-order valence-corrected chi connectivity index (χ4v) is 1.90. The van der Waals surface area contributed by atoms with Crippen LogP contribution in [0.25, 0.3) is 0 Å². The zero-order valence-corrected chi connectivity index (χ0v) is 10.9. The first kappa shape index (κ1) is 13.8. The predicted octanol–water partition coefficient (Wildman–Crippen LogP) is 3.38. The van der Waals surface area contributed by atoms with Gasteiger partial charge in [-0.25, -0.2) is 4.39 Å². The summed E-state index contributed by atoms with van der Waals surface area (Å²) in [5.74, 6) is -1.67. The molecule has 2 rings (SSSR count). The van der Waals surface area contributed by atoms with Crippen molar-refractivity contribution in [1.82, 2.24) is 0 Å². The topological polar surface area (TPSA) is 52.9 Å². The van der Waals surface area contributed by atoms with Gasteiger partial charge >= 0.3 is 0 Å². The van der Waals surface area contributed by atoms with E-state index in [1.165, 1.54) is 18.2 Å². The quantitative estimate of drug-likeness (QED) is 0.927. The molecule has 0 bridgehead atoms. The van der Waals surface area contributed by atoms with Gasteiger partial charge in [0.05, 0.1) is 6.07 Å². The predicted molar refractivity (Wildman–Crippen MR) is 74.6 cm³/mol. The molecule has 0 aliphatic heterocycles. The molecule has 20 heavy (non-hydrogen) atoms. The summed E-state index contributed by atoms with van der Waals surface area (Å²) in [6.45, 7) is 1.70. The number of rotatable bonds is 3. The van der Waals surface area contributed by atoms with E-state index in [9.17, 15) is 14.4 Å². The second-order valence-corrected chi connectivity index (χ2v) is 4.42. The van der Waals surface area contributed by atoms with Crippen molar-refractivity contribution >= 4 is 11.6 Å². The Bertz CT molecular complexity index is 662. The third kappa shape index (κ3) is 3.01. The van der Waals surface area contributed by atoms with Gasteiger partial charge in [-0.3, -0.25) is 4.79 Å². The van der Waals surface area contributed by atoms with Crippen molar-refractivity contribution in [3.8, 4) is 6.07 Å². The lowest BCUT2D eigenvalue weighted by molar-refractivity contribution is -0.116. The summed E-state index contributed by atoms with van der Waals surface area (Å²) in [6, 6.07) is 14.9. The van der Waals surface area contributed by atoms with E-state index in [1.807, 2.05) is 12.1 Å². The van der Waals surface area contributed by atoms with Crippen molar-refractivity contribution < 1.29 is 9.18 Å². The van der Waals surface area contributed by atoms with Crippen molar-refractivity contribution in [2.45, 2.75) is 12.8 Å². The van der Waals surface area contributed by atoms with Crippen molar-refractivity contribution in [3.63, 3.8) is 0 Å². The van der Waals surface area contributed by atoms with E-state index in [1.54, 1.807) is 31.2 Å². The van der Waals surface area contributed by atoms with Crippen LogP contribution in [0.2, 0.25) is 0 Å². The molecule has 0 aromatic heterocycles. The van der Waals surface area contributed by atoms with E-state index < -0.39 is 11.8 Å². The number of benzene rings is 2. The van der Waals surface area contributed by atoms with Gasteiger partial charge in [0.25, 0.3) is 0 Å². The molecule has 0 radical (unpaired) electrons. The number of hydrogen-bond acceptors (Lipinski definition) is 2. The highest BCUT2D eigenvalue weighted by Gasteiger charge is 2.20. The second-order valence-electron chi connectivity index (χ2n) is 4.42. The number of nitrogens with zero attached hydrogens (tertiary/aromatic N) is 1. The molecule has 0 saturated carbocycles. The smallest absolute Gasteiger partial charge is 0.246 e. The van der Waals surface area contributed by atoms with E-state index >= 15 is 0 Å². The van der Waals surface area contributed by atoms with E-state index in [0.29, 0.717) is 16.8 Å². The molecule has 2 aromatic carbocycles. The maximum absolute atomic E-state index is 13.0. The molecular weight excluding hydrogens is 255 g/mol. The Morgan fingerprint density at radius 1 is 1.25 bits per heavy atom. The van der Waals surface area contributed by atoms with Crippen LogP contribution in [0.1, 0.15) is 17.0 Å². The molecule has 0 spiro atoms. The number of nitriles is 1. The molecule has 0 saturated heterocycles. The summed E-state index contributed by atoms with van der Waals surface area (Å²) >= 11 is 0. The molecule has 1 unspecified atom stereocenters. The van der Waals surface area contributed by atoms with Crippen LogP contribution in [0.4, 0.5) is 10.1 Å². The summed E-state index contributed by atoms with van der Waals surface area (Å²) in [7, 11) is 0. The molecule has 1 amide bonds. The molecule has 0 fully saturated rings. The molecule has 1 atom stereocenters. The molecule has 3 nitrogen and oxygen atoms in total. The molecule has 100 valence electrons. The Morgan fingerprint density at radius 3 is 2.55 bits per heavy atom. The number of aryl methyl sites for hydroxylation is 1.